The fourth-order valence-electron chi connectivity index (χ4n) is 5.96. The molecule has 3 aliphatic carbocycles. The Bertz CT molecular complexity index is 1050. The van der Waals surface area contributed by atoms with E-state index in [1.165, 1.54) is 12.8 Å². The molecule has 2 saturated carbocycles. The number of carbonyl (C=O) groups excluding carboxylic acids is 2. The van der Waals surface area contributed by atoms with Crippen LogP contribution in [-0.4, -0.2) is 41.8 Å². The monoisotopic (exact) mass is 462 g/mol. The molecule has 0 aromatic heterocycles. The molecule has 7 nitrogen and oxygen atoms in total. The molecule has 2 aromatic carbocycles. The third-order valence-electron chi connectivity index (χ3n) is 7.72. The molecule has 0 radical (unpaired) electrons. The molecule has 7 heteroatoms. The zero-order valence-corrected chi connectivity index (χ0v) is 19.0. The van der Waals surface area contributed by atoms with Crippen molar-refractivity contribution in [3.63, 3.8) is 0 Å². The van der Waals surface area contributed by atoms with Gasteiger partial charge in [0.1, 0.15) is 12.6 Å². The van der Waals surface area contributed by atoms with Crippen molar-refractivity contribution in [1.29, 1.82) is 0 Å². The fraction of sp³-hybridized carbons (Fsp3) is 0.444. The minimum absolute atomic E-state index is 0.0200. The maximum absolute atomic E-state index is 12.9. The van der Waals surface area contributed by atoms with Crippen molar-refractivity contribution in [2.75, 3.05) is 6.61 Å². The Kier molecular flexibility index (Phi) is 6.26. The van der Waals surface area contributed by atoms with Crippen LogP contribution < -0.4 is 10.6 Å². The summed E-state index contributed by atoms with van der Waals surface area (Å²) in [5.74, 6) is -0.216. The SMILES string of the molecule is O=C(O)CCC(NC(=O)OCC1c2ccccc2-c2ccccc21)C(=O)NC1CC2CCCC21. The number of benzene rings is 2. The van der Waals surface area contributed by atoms with Crippen LogP contribution in [0.4, 0.5) is 4.79 Å². The number of carboxylic acid groups (broad SMARTS) is 1. The summed E-state index contributed by atoms with van der Waals surface area (Å²) in [5.41, 5.74) is 4.48. The van der Waals surface area contributed by atoms with Crippen LogP contribution in [0.5, 0.6) is 0 Å². The van der Waals surface area contributed by atoms with Crippen LogP contribution in [0.1, 0.15) is 55.6 Å². The van der Waals surface area contributed by atoms with Gasteiger partial charge in [-0.1, -0.05) is 61.4 Å². The third kappa shape index (κ3) is 4.39. The van der Waals surface area contributed by atoms with Crippen molar-refractivity contribution in [3.8, 4) is 11.1 Å². The fourth-order valence-corrected chi connectivity index (χ4v) is 5.96. The van der Waals surface area contributed by atoms with Crippen LogP contribution in [0, 0.1) is 11.8 Å². The third-order valence-corrected chi connectivity index (χ3v) is 7.72. The summed E-state index contributed by atoms with van der Waals surface area (Å²) in [6, 6.07) is 15.3. The van der Waals surface area contributed by atoms with Crippen molar-refractivity contribution >= 4 is 18.0 Å². The molecule has 4 unspecified atom stereocenters. The lowest BCUT2D eigenvalue weighted by Crippen LogP contribution is -2.56. The number of nitrogens with one attached hydrogen (secondary N) is 2. The largest absolute Gasteiger partial charge is 0.481 e. The van der Waals surface area contributed by atoms with Gasteiger partial charge in [-0.15, -0.1) is 0 Å². The first-order valence-corrected chi connectivity index (χ1v) is 12.1. The van der Waals surface area contributed by atoms with Gasteiger partial charge in [0.05, 0.1) is 0 Å². The summed E-state index contributed by atoms with van der Waals surface area (Å²) in [4.78, 5) is 36.7. The zero-order valence-electron chi connectivity index (χ0n) is 19.0. The van der Waals surface area contributed by atoms with E-state index in [1.807, 2.05) is 36.4 Å². The van der Waals surface area contributed by atoms with Crippen LogP contribution in [0.15, 0.2) is 48.5 Å². The average molecular weight is 463 g/mol. The smallest absolute Gasteiger partial charge is 0.407 e. The molecule has 2 fully saturated rings. The second-order valence-electron chi connectivity index (χ2n) is 9.66. The molecule has 0 bridgehead atoms. The Morgan fingerprint density at radius 1 is 1.00 bits per heavy atom. The molecule has 3 N–H and O–H groups in total. The summed E-state index contributed by atoms with van der Waals surface area (Å²) in [6.45, 7) is 0.138. The van der Waals surface area contributed by atoms with Gasteiger partial charge in [-0.3, -0.25) is 9.59 Å². The predicted octanol–water partition coefficient (Wildman–Crippen LogP) is 4.06. The molecule has 0 spiro atoms. The molecule has 5 rings (SSSR count). The highest BCUT2D eigenvalue weighted by Crippen LogP contribution is 2.47. The van der Waals surface area contributed by atoms with Crippen molar-refractivity contribution < 1.29 is 24.2 Å². The Labute approximate surface area is 198 Å². The normalized spacial score (nSPS) is 23.1. The van der Waals surface area contributed by atoms with Gasteiger partial charge in [0, 0.05) is 18.4 Å². The summed E-state index contributed by atoms with van der Waals surface area (Å²) in [5, 5.41) is 14.8. The van der Waals surface area contributed by atoms with Crippen LogP contribution in [0.25, 0.3) is 11.1 Å². The Morgan fingerprint density at radius 3 is 2.32 bits per heavy atom. The van der Waals surface area contributed by atoms with Gasteiger partial charge in [0.15, 0.2) is 0 Å². The van der Waals surface area contributed by atoms with Gasteiger partial charge in [-0.05, 0) is 53.4 Å². The van der Waals surface area contributed by atoms with Gasteiger partial charge in [-0.2, -0.15) is 0 Å². The molecule has 4 atom stereocenters. The van der Waals surface area contributed by atoms with E-state index in [-0.39, 0.29) is 37.3 Å². The molecule has 178 valence electrons. The average Bonchev–Trinajstić information content (AvgIpc) is 3.36. The minimum Gasteiger partial charge on any atom is -0.481 e. The Hall–Kier alpha value is -3.35. The Balaban J connectivity index is 1.21. The first kappa shape index (κ1) is 22.4. The highest BCUT2D eigenvalue weighted by Gasteiger charge is 2.44. The number of fused-ring (bicyclic) bond motifs is 4. The number of carbonyl (C=O) groups is 3. The van der Waals surface area contributed by atoms with E-state index in [4.69, 9.17) is 9.84 Å². The number of alkyl carbamates (subject to hydrolysis) is 1. The number of hydrogen-bond donors (Lipinski definition) is 3. The van der Waals surface area contributed by atoms with E-state index in [9.17, 15) is 14.4 Å². The van der Waals surface area contributed by atoms with Gasteiger partial charge < -0.3 is 20.5 Å². The van der Waals surface area contributed by atoms with E-state index in [0.29, 0.717) is 11.8 Å². The first-order valence-electron chi connectivity index (χ1n) is 12.1. The summed E-state index contributed by atoms with van der Waals surface area (Å²) in [7, 11) is 0. The number of carboxylic acids is 1. The molecule has 0 aliphatic heterocycles. The van der Waals surface area contributed by atoms with Crippen molar-refractivity contribution in [2.24, 2.45) is 11.8 Å². The van der Waals surface area contributed by atoms with Crippen molar-refractivity contribution in [2.45, 2.75) is 56.5 Å². The van der Waals surface area contributed by atoms with Gasteiger partial charge in [-0.25, -0.2) is 4.79 Å². The molecular weight excluding hydrogens is 432 g/mol. The lowest BCUT2D eigenvalue weighted by molar-refractivity contribution is -0.137. The number of aliphatic carboxylic acids is 1. The molecule has 2 amide bonds. The van der Waals surface area contributed by atoms with Crippen molar-refractivity contribution in [1.82, 2.24) is 10.6 Å². The standard InChI is InChI=1S/C27H30N2O5/c30-25(31)13-12-23(26(32)28-24-14-16-6-5-11-17(16)24)29-27(33)34-15-22-20-9-3-1-7-18(20)19-8-2-4-10-21(19)22/h1-4,7-10,16-17,22-24H,5-6,11-15H2,(H,28,32)(H,29,33)(H,30,31). The maximum atomic E-state index is 12.9. The van der Waals surface area contributed by atoms with E-state index in [0.717, 1.165) is 35.1 Å². The number of ether oxygens (including phenoxy) is 1. The van der Waals surface area contributed by atoms with Gasteiger partial charge in [0.2, 0.25) is 5.91 Å². The Morgan fingerprint density at radius 2 is 1.68 bits per heavy atom. The lowest BCUT2D eigenvalue weighted by Gasteiger charge is -2.41. The summed E-state index contributed by atoms with van der Waals surface area (Å²) >= 11 is 0. The van der Waals surface area contributed by atoms with Crippen LogP contribution in [-0.2, 0) is 14.3 Å². The van der Waals surface area contributed by atoms with Crippen LogP contribution in [0.2, 0.25) is 0 Å². The molecular formula is C27H30N2O5. The van der Waals surface area contributed by atoms with E-state index < -0.39 is 18.1 Å². The second kappa shape index (κ2) is 9.49. The van der Waals surface area contributed by atoms with Crippen LogP contribution in [0.3, 0.4) is 0 Å². The van der Waals surface area contributed by atoms with E-state index in [2.05, 4.69) is 22.8 Å². The van der Waals surface area contributed by atoms with Crippen LogP contribution >= 0.6 is 0 Å². The minimum atomic E-state index is -1.01. The van der Waals surface area contributed by atoms with E-state index >= 15 is 0 Å². The van der Waals surface area contributed by atoms with E-state index in [1.54, 1.807) is 0 Å². The number of amides is 2. The summed E-state index contributed by atoms with van der Waals surface area (Å²) in [6.07, 6.45) is 3.60. The molecule has 3 aliphatic rings. The molecule has 0 saturated heterocycles. The quantitative estimate of drug-likeness (QED) is 0.549. The lowest BCUT2D eigenvalue weighted by atomic mass is 9.71. The first-order chi connectivity index (χ1) is 16.5. The topological polar surface area (TPSA) is 105 Å². The molecule has 34 heavy (non-hydrogen) atoms. The molecule has 2 aromatic rings. The van der Waals surface area contributed by atoms with Gasteiger partial charge in [0.25, 0.3) is 0 Å². The number of hydrogen-bond acceptors (Lipinski definition) is 4. The van der Waals surface area contributed by atoms with Gasteiger partial charge >= 0.3 is 12.1 Å². The number of rotatable bonds is 8. The highest BCUT2D eigenvalue weighted by molar-refractivity contribution is 5.86. The zero-order chi connectivity index (χ0) is 23.7. The summed E-state index contributed by atoms with van der Waals surface area (Å²) < 4.78 is 5.56. The predicted molar refractivity (Wildman–Crippen MR) is 126 cm³/mol. The second-order valence-corrected chi connectivity index (χ2v) is 9.66. The highest BCUT2D eigenvalue weighted by atomic mass is 16.5. The molecule has 0 heterocycles. The maximum Gasteiger partial charge on any atom is 0.407 e. The van der Waals surface area contributed by atoms with Crippen molar-refractivity contribution in [3.05, 3.63) is 59.7 Å².